The lowest BCUT2D eigenvalue weighted by Gasteiger charge is -2.47. The molecule has 1 unspecified atom stereocenters. The second kappa shape index (κ2) is 7.47. The van der Waals surface area contributed by atoms with Gasteiger partial charge in [-0.25, -0.2) is 4.39 Å². The highest BCUT2D eigenvalue weighted by Crippen LogP contribution is 2.56. The summed E-state index contributed by atoms with van der Waals surface area (Å²) in [6, 6.07) is 16.4. The van der Waals surface area contributed by atoms with Crippen molar-refractivity contribution in [3.8, 4) is 11.5 Å². The molecule has 0 aromatic heterocycles. The first kappa shape index (κ1) is 21.3. The van der Waals surface area contributed by atoms with E-state index < -0.39 is 11.1 Å². The lowest BCUT2D eigenvalue weighted by atomic mass is 9.75. The van der Waals surface area contributed by atoms with Gasteiger partial charge in [0.15, 0.2) is 11.5 Å². The van der Waals surface area contributed by atoms with Crippen LogP contribution in [0.4, 0.5) is 15.8 Å². The second-order valence-corrected chi connectivity index (χ2v) is 9.04. The Morgan fingerprint density at radius 2 is 1.88 bits per heavy atom. The van der Waals surface area contributed by atoms with E-state index in [0.29, 0.717) is 23.7 Å². The van der Waals surface area contributed by atoms with Crippen LogP contribution in [0.5, 0.6) is 11.5 Å². The van der Waals surface area contributed by atoms with Crippen molar-refractivity contribution >= 4 is 30.8 Å². The van der Waals surface area contributed by atoms with Gasteiger partial charge >= 0.3 is 0 Å². The third-order valence-corrected chi connectivity index (χ3v) is 6.99. The van der Waals surface area contributed by atoms with Gasteiger partial charge in [-0.1, -0.05) is 30.3 Å². The Bertz CT molecular complexity index is 1290. The Kier molecular flexibility index (Phi) is 4.81. The van der Waals surface area contributed by atoms with E-state index in [1.54, 1.807) is 25.3 Å². The van der Waals surface area contributed by atoms with Crippen LogP contribution >= 0.6 is 0 Å². The van der Waals surface area contributed by atoms with Gasteiger partial charge in [0.05, 0.1) is 12.5 Å². The molecule has 2 aliphatic heterocycles. The van der Waals surface area contributed by atoms with Gasteiger partial charge in [-0.15, -0.1) is 4.91 Å². The lowest BCUT2D eigenvalue weighted by Crippen LogP contribution is -2.59. The Labute approximate surface area is 193 Å². The highest BCUT2D eigenvalue weighted by molar-refractivity contribution is 6.38. The zero-order valence-electron chi connectivity index (χ0n) is 19.1. The van der Waals surface area contributed by atoms with E-state index in [0.717, 1.165) is 27.8 Å². The molecule has 0 saturated carbocycles. The molecule has 0 radical (unpaired) electrons. The standard InChI is InChI=1S/C26H24BFN2O3/c1-25(2)19-6-4-5-7-21(19)30(15-16-8-10-17(28)11-9-16)26(25)13-12-18-23(27)20(29-31)14-22(32-3)24(18)33-26/h4-14H,15,27H2,1-3H3. The molecule has 1 spiro atoms. The maximum Gasteiger partial charge on any atom is 0.212 e. The van der Waals surface area contributed by atoms with Gasteiger partial charge in [0.1, 0.15) is 19.4 Å². The number of hydrogen-bond acceptors (Lipinski definition) is 5. The van der Waals surface area contributed by atoms with Crippen molar-refractivity contribution in [2.24, 2.45) is 5.18 Å². The molecule has 1 atom stereocenters. The van der Waals surface area contributed by atoms with Crippen LogP contribution in [-0.2, 0) is 12.0 Å². The first-order chi connectivity index (χ1) is 15.8. The van der Waals surface area contributed by atoms with E-state index in [1.165, 1.54) is 12.1 Å². The highest BCUT2D eigenvalue weighted by atomic mass is 19.1. The van der Waals surface area contributed by atoms with Crippen LogP contribution in [0.25, 0.3) is 6.08 Å². The van der Waals surface area contributed by atoms with Crippen LogP contribution < -0.4 is 19.8 Å². The average Bonchev–Trinajstić information content (AvgIpc) is 2.99. The molecule has 0 N–H and O–H groups in total. The third-order valence-electron chi connectivity index (χ3n) is 6.99. The van der Waals surface area contributed by atoms with E-state index in [4.69, 9.17) is 9.47 Å². The van der Waals surface area contributed by atoms with E-state index in [1.807, 2.05) is 26.1 Å². The summed E-state index contributed by atoms with van der Waals surface area (Å²) in [6.45, 7) is 4.84. The zero-order valence-corrected chi connectivity index (χ0v) is 19.1. The molecule has 2 heterocycles. The summed E-state index contributed by atoms with van der Waals surface area (Å²) in [6.07, 6.45) is 4.05. The van der Waals surface area contributed by atoms with Gasteiger partial charge in [-0.2, -0.15) is 0 Å². The lowest BCUT2D eigenvalue weighted by molar-refractivity contribution is 0.0494. The molecule has 2 aliphatic rings. The van der Waals surface area contributed by atoms with Crippen molar-refractivity contribution in [2.75, 3.05) is 12.0 Å². The first-order valence-electron chi connectivity index (χ1n) is 10.9. The van der Waals surface area contributed by atoms with E-state index >= 15 is 0 Å². The Balaban J connectivity index is 1.70. The average molecular weight is 442 g/mol. The number of rotatable bonds is 4. The second-order valence-electron chi connectivity index (χ2n) is 9.04. The first-order valence-corrected chi connectivity index (χ1v) is 10.9. The topological polar surface area (TPSA) is 51.1 Å². The van der Waals surface area contributed by atoms with Crippen molar-refractivity contribution in [2.45, 2.75) is 31.5 Å². The number of benzene rings is 3. The molecule has 3 aromatic rings. The maximum atomic E-state index is 13.6. The van der Waals surface area contributed by atoms with Crippen LogP contribution in [0, 0.1) is 10.7 Å². The molecule has 3 aromatic carbocycles. The Hall–Kier alpha value is -3.61. The zero-order chi connectivity index (χ0) is 23.4. The summed E-state index contributed by atoms with van der Waals surface area (Å²) >= 11 is 0. The number of nitroso groups, excluding NO2 is 1. The molecule has 5 rings (SSSR count). The van der Waals surface area contributed by atoms with Crippen molar-refractivity contribution < 1.29 is 13.9 Å². The minimum Gasteiger partial charge on any atom is -0.493 e. The van der Waals surface area contributed by atoms with E-state index in [9.17, 15) is 9.30 Å². The summed E-state index contributed by atoms with van der Waals surface area (Å²) in [5, 5.41) is 3.15. The Morgan fingerprint density at radius 1 is 1.15 bits per heavy atom. The quantitative estimate of drug-likeness (QED) is 0.438. The SMILES string of the molecule is Bc1c(N=O)cc(OC)c2c1C=CC1(O2)N(Cc2ccc(F)cc2)c2ccccc2C1(C)C. The summed E-state index contributed by atoms with van der Waals surface area (Å²) in [4.78, 5) is 13.6. The number of ether oxygens (including phenoxy) is 2. The number of anilines is 1. The predicted molar refractivity (Wildman–Crippen MR) is 131 cm³/mol. The van der Waals surface area contributed by atoms with Crippen LogP contribution in [0.1, 0.15) is 30.5 Å². The minimum atomic E-state index is -0.867. The van der Waals surface area contributed by atoms with Gasteiger partial charge in [-0.05, 0) is 66.0 Å². The fraction of sp³-hybridized carbons (Fsp3) is 0.231. The van der Waals surface area contributed by atoms with Gasteiger partial charge < -0.3 is 14.4 Å². The van der Waals surface area contributed by atoms with Crippen LogP contribution in [-0.4, -0.2) is 20.7 Å². The van der Waals surface area contributed by atoms with Gasteiger partial charge in [-0.3, -0.25) is 0 Å². The predicted octanol–water partition coefficient (Wildman–Crippen LogP) is 4.59. The number of halogens is 1. The van der Waals surface area contributed by atoms with Crippen molar-refractivity contribution in [1.82, 2.24) is 0 Å². The van der Waals surface area contributed by atoms with Crippen molar-refractivity contribution in [1.29, 1.82) is 0 Å². The number of para-hydroxylation sites is 1. The number of nitrogens with zero attached hydrogens (tertiary/aromatic N) is 2. The van der Waals surface area contributed by atoms with E-state index in [-0.39, 0.29) is 5.82 Å². The highest BCUT2D eigenvalue weighted by Gasteiger charge is 2.59. The smallest absolute Gasteiger partial charge is 0.212 e. The summed E-state index contributed by atoms with van der Waals surface area (Å²) in [5.74, 6) is 0.774. The molecule has 33 heavy (non-hydrogen) atoms. The molecular weight excluding hydrogens is 418 g/mol. The van der Waals surface area contributed by atoms with Gasteiger partial charge in [0.2, 0.25) is 5.72 Å². The number of hydrogen-bond donors (Lipinski definition) is 0. The molecule has 166 valence electrons. The van der Waals surface area contributed by atoms with Crippen molar-refractivity contribution in [3.05, 3.63) is 88.1 Å². The largest absolute Gasteiger partial charge is 0.493 e. The fourth-order valence-corrected chi connectivity index (χ4v) is 5.08. The summed E-state index contributed by atoms with van der Waals surface area (Å²) < 4.78 is 26.1. The van der Waals surface area contributed by atoms with E-state index in [2.05, 4.69) is 42.1 Å². The third kappa shape index (κ3) is 2.99. The van der Waals surface area contributed by atoms with Crippen LogP contribution in [0.3, 0.4) is 0 Å². The molecule has 0 bridgehead atoms. The van der Waals surface area contributed by atoms with Gasteiger partial charge in [0.25, 0.3) is 0 Å². The molecule has 0 fully saturated rings. The molecule has 0 amide bonds. The molecular formula is C26H24BFN2O3. The number of fused-ring (bicyclic) bond motifs is 2. The molecule has 0 aliphatic carbocycles. The fourth-order valence-electron chi connectivity index (χ4n) is 5.08. The monoisotopic (exact) mass is 442 g/mol. The van der Waals surface area contributed by atoms with Crippen LogP contribution in [0.15, 0.2) is 65.9 Å². The van der Waals surface area contributed by atoms with Gasteiger partial charge in [0, 0.05) is 23.9 Å². The molecule has 0 saturated heterocycles. The van der Waals surface area contributed by atoms with Crippen LogP contribution in [0.2, 0.25) is 0 Å². The Morgan fingerprint density at radius 3 is 2.58 bits per heavy atom. The number of methoxy groups -OCH3 is 1. The van der Waals surface area contributed by atoms with Crippen molar-refractivity contribution in [3.63, 3.8) is 0 Å². The molecule has 5 nitrogen and oxygen atoms in total. The molecule has 7 heteroatoms. The minimum absolute atomic E-state index is 0.266. The summed E-state index contributed by atoms with van der Waals surface area (Å²) in [7, 11) is 3.41. The maximum absolute atomic E-state index is 13.6. The normalized spacial score (nSPS) is 19.7. The summed E-state index contributed by atoms with van der Waals surface area (Å²) in [5.41, 5.74) is 3.73.